The summed E-state index contributed by atoms with van der Waals surface area (Å²) in [6.07, 6.45) is -1.70. The van der Waals surface area contributed by atoms with Crippen LogP contribution in [0.2, 0.25) is 0 Å². The van der Waals surface area contributed by atoms with Crippen molar-refractivity contribution in [3.05, 3.63) is 0 Å². The van der Waals surface area contributed by atoms with Crippen molar-refractivity contribution in [1.29, 1.82) is 0 Å². The molecule has 0 aliphatic rings. The van der Waals surface area contributed by atoms with Crippen molar-refractivity contribution in [3.8, 4) is 0 Å². The number of carbonyl (C=O) groups excluding carboxylic acids is 1. The van der Waals surface area contributed by atoms with Crippen LogP contribution in [0, 0.1) is 0 Å². The van der Waals surface area contributed by atoms with Crippen LogP contribution >= 0.6 is 0 Å². The van der Waals surface area contributed by atoms with E-state index < -0.39 is 16.6 Å². The second-order valence-corrected chi connectivity index (χ2v) is 1.90. The zero-order chi connectivity index (χ0) is 7.49. The van der Waals surface area contributed by atoms with Gasteiger partial charge in [0.15, 0.2) is 0 Å². The fourth-order valence-corrected chi connectivity index (χ4v) is 0.317. The molecule has 0 aromatic rings. The lowest BCUT2D eigenvalue weighted by molar-refractivity contribution is 0.0975. The molecule has 0 aromatic heterocycles. The minimum absolute atomic E-state index is 1.70. The van der Waals surface area contributed by atoms with Crippen LogP contribution in [-0.2, 0) is 19.4 Å². The third kappa shape index (κ3) is 5.00. The Bertz CT molecular complexity index is 191. The Hall–Kier alpha value is -0.860. The summed E-state index contributed by atoms with van der Waals surface area (Å²) in [5.41, 5.74) is 0. The van der Waals surface area contributed by atoms with E-state index in [0.29, 0.717) is 0 Å². The first-order valence-electron chi connectivity index (χ1n) is 1.53. The molecule has 0 aliphatic carbocycles. The summed E-state index contributed by atoms with van der Waals surface area (Å²) in [6, 6.07) is 0. The number of carbonyl (C=O) groups is 1. The topological polar surface area (TPSA) is 116 Å². The van der Waals surface area contributed by atoms with Crippen LogP contribution in [0.5, 0.6) is 0 Å². The van der Waals surface area contributed by atoms with Crippen LogP contribution < -0.4 is 5.90 Å². The van der Waals surface area contributed by atoms with Crippen molar-refractivity contribution in [2.24, 2.45) is 5.90 Å². The van der Waals surface area contributed by atoms with Crippen LogP contribution in [0.4, 0.5) is 4.79 Å². The quantitative estimate of drug-likeness (QED) is 0.363. The van der Waals surface area contributed by atoms with Gasteiger partial charge in [0.05, 0.1) is 0 Å². The molecule has 0 saturated heterocycles. The monoisotopic (exact) mass is 157 g/mol. The van der Waals surface area contributed by atoms with Gasteiger partial charge in [-0.2, -0.15) is 14.3 Å². The predicted molar refractivity (Wildman–Crippen MR) is 23.3 cm³/mol. The van der Waals surface area contributed by atoms with E-state index in [-0.39, 0.29) is 0 Å². The van der Waals surface area contributed by atoms with Crippen molar-refractivity contribution in [2.75, 3.05) is 0 Å². The second kappa shape index (κ2) is 2.62. The molecule has 0 aromatic carbocycles. The summed E-state index contributed by atoms with van der Waals surface area (Å²) in [5, 5.41) is 0. The van der Waals surface area contributed by atoms with Gasteiger partial charge in [-0.1, -0.05) is 0 Å². The highest BCUT2D eigenvalue weighted by Gasteiger charge is 2.12. The van der Waals surface area contributed by atoms with Crippen molar-refractivity contribution in [2.45, 2.75) is 0 Å². The van der Waals surface area contributed by atoms with Gasteiger partial charge < -0.3 is 4.84 Å². The molecule has 0 rings (SSSR count). The summed E-state index contributed by atoms with van der Waals surface area (Å²) in [6.45, 7) is 0. The van der Waals surface area contributed by atoms with E-state index in [1.165, 1.54) is 0 Å². The van der Waals surface area contributed by atoms with Crippen LogP contribution in [-0.4, -0.2) is 19.1 Å². The molecule has 54 valence electrons. The van der Waals surface area contributed by atoms with E-state index in [2.05, 4.69) is 14.9 Å². The third-order valence-corrected chi connectivity index (χ3v) is 0.616. The van der Waals surface area contributed by atoms with Gasteiger partial charge in [0.1, 0.15) is 0 Å². The molecule has 8 heteroatoms. The van der Waals surface area contributed by atoms with Crippen LogP contribution in [0.25, 0.3) is 0 Å². The Kier molecular flexibility index (Phi) is 2.37. The van der Waals surface area contributed by atoms with Crippen molar-refractivity contribution in [3.63, 3.8) is 0 Å². The summed E-state index contributed by atoms with van der Waals surface area (Å²) in [5.74, 6) is 4.13. The van der Waals surface area contributed by atoms with Gasteiger partial charge in [-0.3, -0.25) is 8.74 Å². The fourth-order valence-electron chi connectivity index (χ4n) is 0.106. The predicted octanol–water partition coefficient (Wildman–Crippen LogP) is -1.18. The summed E-state index contributed by atoms with van der Waals surface area (Å²) in [7, 11) is -4.79. The molecule has 0 fully saturated rings. The number of hydrogen-bond donors (Lipinski definition) is 2. The molecule has 0 spiro atoms. The molecule has 0 heterocycles. The van der Waals surface area contributed by atoms with Crippen LogP contribution in [0.3, 0.4) is 0 Å². The first-order valence-corrected chi connectivity index (χ1v) is 2.90. The van der Waals surface area contributed by atoms with Gasteiger partial charge in [-0.25, -0.2) is 4.79 Å². The highest BCUT2D eigenvalue weighted by molar-refractivity contribution is 7.81. The summed E-state index contributed by atoms with van der Waals surface area (Å²) < 4.78 is 30.0. The maximum absolute atomic E-state index is 9.72. The van der Waals surface area contributed by atoms with E-state index in [0.717, 1.165) is 0 Å². The maximum Gasteiger partial charge on any atom is 0.545 e. The van der Waals surface area contributed by atoms with E-state index >= 15 is 0 Å². The molecule has 0 radical (unpaired) electrons. The summed E-state index contributed by atoms with van der Waals surface area (Å²) >= 11 is 0. The van der Waals surface area contributed by atoms with Crippen molar-refractivity contribution < 1.29 is 26.8 Å². The Morgan fingerprint density at radius 2 is 2.00 bits per heavy atom. The van der Waals surface area contributed by atoms with E-state index in [1.54, 1.807) is 0 Å². The van der Waals surface area contributed by atoms with Gasteiger partial charge in [0.25, 0.3) is 0 Å². The van der Waals surface area contributed by atoms with Gasteiger partial charge in [-0.15, -0.1) is 0 Å². The number of hydrogen-bond acceptors (Lipinski definition) is 6. The van der Waals surface area contributed by atoms with E-state index in [9.17, 15) is 13.2 Å². The average Bonchev–Trinajstić information content (AvgIpc) is 1.62. The zero-order valence-electron chi connectivity index (χ0n) is 3.97. The largest absolute Gasteiger partial charge is 0.545 e. The Balaban J connectivity index is 3.91. The highest BCUT2D eigenvalue weighted by atomic mass is 32.3. The van der Waals surface area contributed by atoms with Crippen molar-refractivity contribution in [1.82, 2.24) is 0 Å². The molecule has 0 amide bonds. The van der Waals surface area contributed by atoms with E-state index in [4.69, 9.17) is 4.55 Å². The summed E-state index contributed by atoms with van der Waals surface area (Å²) in [4.78, 5) is 12.9. The molecule has 0 bridgehead atoms. The molecule has 0 unspecified atom stereocenters. The Morgan fingerprint density at radius 3 is 2.11 bits per heavy atom. The third-order valence-electron chi connectivity index (χ3n) is 0.270. The van der Waals surface area contributed by atoms with Crippen LogP contribution in [0.15, 0.2) is 0 Å². The minimum atomic E-state index is -4.79. The molecular formula is CH3NO6S. The van der Waals surface area contributed by atoms with Crippen molar-refractivity contribution >= 4 is 16.6 Å². The normalized spacial score (nSPS) is 10.4. The smallest absolute Gasteiger partial charge is 0.340 e. The maximum atomic E-state index is 9.72. The molecule has 0 saturated carbocycles. The minimum Gasteiger partial charge on any atom is -0.340 e. The molecule has 0 atom stereocenters. The average molecular weight is 157 g/mol. The zero-order valence-corrected chi connectivity index (χ0v) is 4.79. The van der Waals surface area contributed by atoms with Gasteiger partial charge in [0.2, 0.25) is 0 Å². The molecule has 7 nitrogen and oxygen atoms in total. The van der Waals surface area contributed by atoms with Gasteiger partial charge in [-0.05, 0) is 0 Å². The van der Waals surface area contributed by atoms with Gasteiger partial charge in [0, 0.05) is 0 Å². The van der Waals surface area contributed by atoms with Crippen LogP contribution in [0.1, 0.15) is 0 Å². The highest BCUT2D eigenvalue weighted by Crippen LogP contribution is 1.87. The molecule has 9 heavy (non-hydrogen) atoms. The molecule has 3 N–H and O–H groups in total. The molecular weight excluding hydrogens is 154 g/mol. The fraction of sp³-hybridized carbons (Fsp3) is 0. The molecule has 0 aliphatic heterocycles. The standard InChI is InChI=1S/CH3NO6S/c2-7-1(3)8-9(4,5)6/h2H2,(H,4,5,6). The second-order valence-electron chi connectivity index (χ2n) is 0.879. The lowest BCUT2D eigenvalue weighted by Crippen LogP contribution is -2.16. The first-order chi connectivity index (χ1) is 3.95. The number of rotatable bonds is 1. The number of nitrogens with two attached hydrogens (primary N) is 1. The Labute approximate surface area is 50.3 Å². The Morgan fingerprint density at radius 1 is 1.56 bits per heavy atom. The lowest BCUT2D eigenvalue weighted by atomic mass is 11.4. The van der Waals surface area contributed by atoms with Gasteiger partial charge >= 0.3 is 16.6 Å². The van der Waals surface area contributed by atoms with E-state index in [1.807, 2.05) is 0 Å². The SMILES string of the molecule is NOC(=O)OS(=O)(=O)O. The first kappa shape index (κ1) is 8.14. The lowest BCUT2D eigenvalue weighted by Gasteiger charge is -1.93.